The van der Waals surface area contributed by atoms with Gasteiger partial charge in [0.1, 0.15) is 5.82 Å². The van der Waals surface area contributed by atoms with Gasteiger partial charge in [0.05, 0.1) is 6.20 Å². The Bertz CT molecular complexity index is 323. The fourth-order valence-electron chi connectivity index (χ4n) is 1.13. The van der Waals surface area contributed by atoms with Gasteiger partial charge in [-0.2, -0.15) is 0 Å². The molecule has 76 valence electrons. The molecule has 0 aliphatic carbocycles. The van der Waals surface area contributed by atoms with Crippen molar-refractivity contribution >= 4 is 5.78 Å². The summed E-state index contributed by atoms with van der Waals surface area (Å²) in [6.07, 6.45) is 3.79. The second-order valence-electron chi connectivity index (χ2n) is 3.75. The van der Waals surface area contributed by atoms with Crippen LogP contribution in [0.3, 0.4) is 0 Å². The smallest absolute Gasteiger partial charge is 0.164 e. The van der Waals surface area contributed by atoms with Crippen LogP contribution in [0.1, 0.15) is 37.0 Å². The van der Waals surface area contributed by atoms with Crippen molar-refractivity contribution in [2.45, 2.75) is 26.7 Å². The van der Waals surface area contributed by atoms with Gasteiger partial charge < -0.3 is 0 Å². The Kier molecular flexibility index (Phi) is 3.74. The number of hydrogen-bond acceptors (Lipinski definition) is 2. The predicted molar refractivity (Wildman–Crippen MR) is 52.6 cm³/mol. The lowest BCUT2D eigenvalue weighted by molar-refractivity contribution is 0.0974. The third-order valence-corrected chi connectivity index (χ3v) is 1.98. The second kappa shape index (κ2) is 4.84. The van der Waals surface area contributed by atoms with E-state index in [0.29, 0.717) is 17.9 Å². The number of ketones is 1. The SMILES string of the molecule is CC(C)CCC(=O)c1cncc(F)c1. The van der Waals surface area contributed by atoms with Gasteiger partial charge in [-0.1, -0.05) is 13.8 Å². The number of nitrogens with zero attached hydrogens (tertiary/aromatic N) is 1. The van der Waals surface area contributed by atoms with Crippen LogP contribution in [0.15, 0.2) is 18.5 Å². The molecule has 0 amide bonds. The van der Waals surface area contributed by atoms with E-state index in [9.17, 15) is 9.18 Å². The van der Waals surface area contributed by atoms with Crippen LogP contribution in [0.4, 0.5) is 4.39 Å². The van der Waals surface area contributed by atoms with E-state index in [4.69, 9.17) is 0 Å². The molecule has 1 aromatic rings. The number of halogens is 1. The number of rotatable bonds is 4. The molecule has 0 atom stereocenters. The first kappa shape index (κ1) is 10.8. The molecule has 0 saturated carbocycles. The summed E-state index contributed by atoms with van der Waals surface area (Å²) in [5, 5.41) is 0. The molecule has 0 fully saturated rings. The summed E-state index contributed by atoms with van der Waals surface area (Å²) in [5.74, 6) is -0.00781. The molecular formula is C11H14FNO. The molecule has 0 saturated heterocycles. The van der Waals surface area contributed by atoms with E-state index in [2.05, 4.69) is 18.8 Å². The molecule has 0 aliphatic rings. The highest BCUT2D eigenvalue weighted by Gasteiger charge is 2.07. The van der Waals surface area contributed by atoms with Crippen LogP contribution in [0.5, 0.6) is 0 Å². The third kappa shape index (κ3) is 3.24. The lowest BCUT2D eigenvalue weighted by Crippen LogP contribution is -2.02. The van der Waals surface area contributed by atoms with Crippen molar-refractivity contribution in [3.63, 3.8) is 0 Å². The number of aromatic nitrogens is 1. The highest BCUT2D eigenvalue weighted by molar-refractivity contribution is 5.95. The van der Waals surface area contributed by atoms with E-state index in [-0.39, 0.29) is 5.78 Å². The van der Waals surface area contributed by atoms with E-state index < -0.39 is 5.82 Å². The first-order chi connectivity index (χ1) is 6.59. The second-order valence-corrected chi connectivity index (χ2v) is 3.75. The highest BCUT2D eigenvalue weighted by Crippen LogP contribution is 2.10. The van der Waals surface area contributed by atoms with Gasteiger partial charge in [0.15, 0.2) is 5.78 Å². The zero-order valence-electron chi connectivity index (χ0n) is 8.46. The molecule has 2 nitrogen and oxygen atoms in total. The number of hydrogen-bond donors (Lipinski definition) is 0. The predicted octanol–water partition coefficient (Wildman–Crippen LogP) is 2.84. The van der Waals surface area contributed by atoms with Crippen LogP contribution in [0, 0.1) is 11.7 Å². The van der Waals surface area contributed by atoms with Crippen molar-refractivity contribution in [1.29, 1.82) is 0 Å². The van der Waals surface area contributed by atoms with Gasteiger partial charge in [-0.25, -0.2) is 4.39 Å². The van der Waals surface area contributed by atoms with E-state index in [1.807, 2.05) is 0 Å². The van der Waals surface area contributed by atoms with Crippen LogP contribution in [0.25, 0.3) is 0 Å². The van der Waals surface area contributed by atoms with Crippen molar-refractivity contribution in [1.82, 2.24) is 4.98 Å². The topological polar surface area (TPSA) is 30.0 Å². The normalized spacial score (nSPS) is 10.6. The molecule has 0 radical (unpaired) electrons. The number of carbonyl (C=O) groups excluding carboxylic acids is 1. The Morgan fingerprint density at radius 2 is 2.21 bits per heavy atom. The molecular weight excluding hydrogens is 181 g/mol. The minimum Gasteiger partial charge on any atom is -0.294 e. The van der Waals surface area contributed by atoms with Gasteiger partial charge in [-0.15, -0.1) is 0 Å². The minimum atomic E-state index is -0.458. The average molecular weight is 195 g/mol. The largest absolute Gasteiger partial charge is 0.294 e. The van der Waals surface area contributed by atoms with Gasteiger partial charge in [-0.3, -0.25) is 9.78 Å². The lowest BCUT2D eigenvalue weighted by atomic mass is 10.0. The Balaban J connectivity index is 2.61. The molecule has 0 aromatic carbocycles. The Hall–Kier alpha value is -1.25. The van der Waals surface area contributed by atoms with Crippen molar-refractivity contribution < 1.29 is 9.18 Å². The van der Waals surface area contributed by atoms with Crippen molar-refractivity contribution in [3.05, 3.63) is 29.8 Å². The Morgan fingerprint density at radius 3 is 2.79 bits per heavy atom. The first-order valence-corrected chi connectivity index (χ1v) is 4.73. The van der Waals surface area contributed by atoms with Gasteiger partial charge in [0, 0.05) is 18.2 Å². The summed E-state index contributed by atoms with van der Waals surface area (Å²) in [4.78, 5) is 15.1. The molecule has 1 rings (SSSR count). The van der Waals surface area contributed by atoms with Gasteiger partial charge >= 0.3 is 0 Å². The fourth-order valence-corrected chi connectivity index (χ4v) is 1.13. The van der Waals surface area contributed by atoms with Crippen LogP contribution in [0.2, 0.25) is 0 Å². The van der Waals surface area contributed by atoms with Gasteiger partial charge in [0.2, 0.25) is 0 Å². The molecule has 0 bridgehead atoms. The molecule has 0 unspecified atom stereocenters. The van der Waals surface area contributed by atoms with Crippen LogP contribution in [-0.2, 0) is 0 Å². The summed E-state index contributed by atoms with van der Waals surface area (Å²) in [5.41, 5.74) is 0.366. The standard InChI is InChI=1S/C11H14FNO/c1-8(2)3-4-11(14)9-5-10(12)7-13-6-9/h5-8H,3-4H2,1-2H3. The van der Waals surface area contributed by atoms with Crippen LogP contribution in [-0.4, -0.2) is 10.8 Å². The quantitative estimate of drug-likeness (QED) is 0.691. The van der Waals surface area contributed by atoms with Crippen molar-refractivity contribution in [2.24, 2.45) is 5.92 Å². The summed E-state index contributed by atoms with van der Waals surface area (Å²) in [6.45, 7) is 4.11. The highest BCUT2D eigenvalue weighted by atomic mass is 19.1. The molecule has 0 N–H and O–H groups in total. The van der Waals surface area contributed by atoms with Gasteiger partial charge in [0.25, 0.3) is 0 Å². The molecule has 14 heavy (non-hydrogen) atoms. The number of carbonyl (C=O) groups is 1. The monoisotopic (exact) mass is 195 g/mol. The molecule has 0 aliphatic heterocycles. The average Bonchev–Trinajstić information content (AvgIpc) is 2.14. The van der Waals surface area contributed by atoms with Crippen molar-refractivity contribution in [3.8, 4) is 0 Å². The van der Waals surface area contributed by atoms with Crippen LogP contribution < -0.4 is 0 Å². The first-order valence-electron chi connectivity index (χ1n) is 4.73. The number of pyridine rings is 1. The fraction of sp³-hybridized carbons (Fsp3) is 0.455. The maximum Gasteiger partial charge on any atom is 0.164 e. The zero-order chi connectivity index (χ0) is 10.6. The van der Waals surface area contributed by atoms with E-state index in [0.717, 1.165) is 12.6 Å². The third-order valence-electron chi connectivity index (χ3n) is 1.98. The molecule has 0 spiro atoms. The Labute approximate surface area is 83.2 Å². The summed E-state index contributed by atoms with van der Waals surface area (Å²) >= 11 is 0. The minimum absolute atomic E-state index is 0.0364. The zero-order valence-corrected chi connectivity index (χ0v) is 8.46. The van der Waals surface area contributed by atoms with E-state index in [1.165, 1.54) is 12.3 Å². The summed E-state index contributed by atoms with van der Waals surface area (Å²) in [6, 6.07) is 1.23. The Morgan fingerprint density at radius 1 is 1.50 bits per heavy atom. The molecule has 1 aromatic heterocycles. The number of Topliss-reactive ketones (excluding diaryl/α,β-unsaturated/α-hetero) is 1. The molecule has 3 heteroatoms. The summed E-state index contributed by atoms with van der Waals surface area (Å²) < 4.78 is 12.7. The lowest BCUT2D eigenvalue weighted by Gasteiger charge is -2.03. The van der Waals surface area contributed by atoms with E-state index in [1.54, 1.807) is 0 Å². The maximum absolute atomic E-state index is 12.7. The summed E-state index contributed by atoms with van der Waals surface area (Å²) in [7, 11) is 0. The molecule has 1 heterocycles. The van der Waals surface area contributed by atoms with Crippen molar-refractivity contribution in [2.75, 3.05) is 0 Å². The van der Waals surface area contributed by atoms with Gasteiger partial charge in [-0.05, 0) is 18.4 Å². The van der Waals surface area contributed by atoms with Crippen LogP contribution >= 0.6 is 0 Å². The maximum atomic E-state index is 12.7. The van der Waals surface area contributed by atoms with E-state index >= 15 is 0 Å².